The highest BCUT2D eigenvalue weighted by Gasteiger charge is 2.11. The van der Waals surface area contributed by atoms with Crippen LogP contribution in [0.4, 0.5) is 0 Å². The van der Waals surface area contributed by atoms with Crippen LogP contribution in [0.3, 0.4) is 0 Å². The number of hydrogen-bond acceptors (Lipinski definition) is 2. The van der Waals surface area contributed by atoms with E-state index in [1.54, 1.807) is 0 Å². The molecule has 0 saturated carbocycles. The van der Waals surface area contributed by atoms with Gasteiger partial charge in [-0.15, -0.1) is 0 Å². The zero-order valence-corrected chi connectivity index (χ0v) is 7.64. The zero-order chi connectivity index (χ0) is 9.07. The summed E-state index contributed by atoms with van der Waals surface area (Å²) in [6.07, 6.45) is 7.46. The van der Waals surface area contributed by atoms with Crippen molar-refractivity contribution in [2.75, 3.05) is 18.8 Å². The summed E-state index contributed by atoms with van der Waals surface area (Å²) in [5.74, 6) is -1.08. The van der Waals surface area contributed by atoms with Gasteiger partial charge in [0.25, 0.3) is 0 Å². The van der Waals surface area contributed by atoms with Crippen LogP contribution < -0.4 is 0 Å². The molecule has 0 amide bonds. The van der Waals surface area contributed by atoms with Crippen LogP contribution in [-0.4, -0.2) is 35.0 Å². The van der Waals surface area contributed by atoms with Gasteiger partial charge < -0.3 is 5.11 Å². The van der Waals surface area contributed by atoms with E-state index >= 15 is 0 Å². The Morgan fingerprint density at radius 3 is 1.91 bits per heavy atom. The molecule has 0 aromatic carbocycles. The third-order valence-corrected chi connectivity index (χ3v) is 2.31. The number of carbonyl (C=O) groups is 2. The Bertz CT molecular complexity index is 200. The Hall–Kier alpha value is -0.770. The van der Waals surface area contributed by atoms with Gasteiger partial charge in [0.05, 0.1) is 0 Å². The summed E-state index contributed by atoms with van der Waals surface area (Å²) in [6.45, 7) is 0. The van der Waals surface area contributed by atoms with Crippen LogP contribution in [0.5, 0.6) is 0 Å². The first-order valence-corrected chi connectivity index (χ1v) is 5.83. The minimum Gasteiger partial charge on any atom is -0.478 e. The van der Waals surface area contributed by atoms with Crippen molar-refractivity contribution in [3.8, 4) is 0 Å². The van der Waals surface area contributed by atoms with E-state index in [4.69, 9.17) is 5.11 Å². The molecule has 11 heavy (non-hydrogen) atoms. The predicted octanol–water partition coefficient (Wildman–Crippen LogP) is 0.848. The highest BCUT2D eigenvalue weighted by Crippen LogP contribution is 2.35. The Balaban J connectivity index is 4.20. The number of carbonyl (C=O) groups excluding carboxylic acids is 1. The molecule has 0 bridgehead atoms. The molecule has 0 spiro atoms. The van der Waals surface area contributed by atoms with Crippen molar-refractivity contribution in [1.29, 1.82) is 0 Å². The van der Waals surface area contributed by atoms with Gasteiger partial charge in [0, 0.05) is 6.08 Å². The Kier molecular flexibility index (Phi) is 3.32. The molecule has 0 aliphatic carbocycles. The van der Waals surface area contributed by atoms with Gasteiger partial charge in [-0.3, -0.25) is 4.79 Å². The van der Waals surface area contributed by atoms with Crippen LogP contribution in [0.1, 0.15) is 0 Å². The first kappa shape index (κ1) is 10.2. The van der Waals surface area contributed by atoms with Crippen molar-refractivity contribution in [2.24, 2.45) is 0 Å². The fourth-order valence-corrected chi connectivity index (χ4v) is 0.820. The molecule has 3 nitrogen and oxygen atoms in total. The molecule has 0 atom stereocenters. The van der Waals surface area contributed by atoms with Crippen molar-refractivity contribution < 1.29 is 14.7 Å². The van der Waals surface area contributed by atoms with E-state index in [9.17, 15) is 9.59 Å². The van der Waals surface area contributed by atoms with E-state index in [0.29, 0.717) is 0 Å². The van der Waals surface area contributed by atoms with Crippen LogP contribution in [0.15, 0.2) is 12.2 Å². The van der Waals surface area contributed by atoms with E-state index in [0.717, 1.165) is 12.2 Å². The van der Waals surface area contributed by atoms with Gasteiger partial charge in [-0.2, -0.15) is 10.0 Å². The van der Waals surface area contributed by atoms with Crippen LogP contribution in [0.2, 0.25) is 0 Å². The monoisotopic (exact) mass is 176 g/mol. The SMILES string of the molecule is CS(C)(C)C(=O)C=CC(=O)O. The summed E-state index contributed by atoms with van der Waals surface area (Å²) < 4.78 is 0. The second-order valence-electron chi connectivity index (χ2n) is 2.83. The van der Waals surface area contributed by atoms with E-state index in [1.807, 2.05) is 18.8 Å². The Morgan fingerprint density at radius 1 is 1.18 bits per heavy atom. The summed E-state index contributed by atoms with van der Waals surface area (Å²) >= 11 is 0. The molecule has 0 aromatic rings. The van der Waals surface area contributed by atoms with Gasteiger partial charge in [-0.25, -0.2) is 4.79 Å². The standard InChI is InChI=1S/C7H12O3S/c1-11(2,3)7(10)5-4-6(8)9/h4-5H,1-3H3,(H,8,9). The van der Waals surface area contributed by atoms with Crippen molar-refractivity contribution in [3.63, 3.8) is 0 Å². The number of aliphatic carboxylic acids is 1. The summed E-state index contributed by atoms with van der Waals surface area (Å²) in [4.78, 5) is 21.1. The third kappa shape index (κ3) is 4.61. The summed E-state index contributed by atoms with van der Waals surface area (Å²) in [7, 11) is -1.29. The zero-order valence-electron chi connectivity index (χ0n) is 6.83. The van der Waals surface area contributed by atoms with Crippen LogP contribution in [0, 0.1) is 0 Å². The molecule has 1 N–H and O–H groups in total. The van der Waals surface area contributed by atoms with Crippen LogP contribution in [0.25, 0.3) is 0 Å². The molecule has 0 aliphatic rings. The Labute approximate surface area is 67.4 Å². The third-order valence-electron chi connectivity index (χ3n) is 0.966. The summed E-state index contributed by atoms with van der Waals surface area (Å²) in [6, 6.07) is 0. The smallest absolute Gasteiger partial charge is 0.328 e. The molecular formula is C7H12O3S. The van der Waals surface area contributed by atoms with E-state index < -0.39 is 16.0 Å². The fourth-order valence-electron chi connectivity index (χ4n) is 0.343. The molecule has 0 saturated heterocycles. The van der Waals surface area contributed by atoms with Crippen LogP contribution >= 0.6 is 10.0 Å². The second-order valence-corrected chi connectivity index (χ2v) is 6.90. The highest BCUT2D eigenvalue weighted by molar-refractivity contribution is 8.44. The lowest BCUT2D eigenvalue weighted by Crippen LogP contribution is -2.05. The quantitative estimate of drug-likeness (QED) is 0.634. The molecule has 0 aromatic heterocycles. The maximum Gasteiger partial charge on any atom is 0.328 e. The summed E-state index contributed by atoms with van der Waals surface area (Å²) in [5.41, 5.74) is 0. The van der Waals surface area contributed by atoms with Gasteiger partial charge in [0.15, 0.2) is 5.12 Å². The second kappa shape index (κ2) is 3.57. The molecule has 0 unspecified atom stereocenters. The van der Waals surface area contributed by atoms with E-state index in [2.05, 4.69) is 0 Å². The average molecular weight is 176 g/mol. The molecule has 0 fully saturated rings. The first-order chi connectivity index (χ1) is 4.84. The Morgan fingerprint density at radius 2 is 1.64 bits per heavy atom. The van der Waals surface area contributed by atoms with Gasteiger partial charge in [0.2, 0.25) is 0 Å². The van der Waals surface area contributed by atoms with E-state index in [-0.39, 0.29) is 5.12 Å². The van der Waals surface area contributed by atoms with Crippen molar-refractivity contribution in [2.45, 2.75) is 0 Å². The minimum absolute atomic E-state index is 0.0973. The number of rotatable bonds is 2. The number of carboxylic acids is 1. The van der Waals surface area contributed by atoms with E-state index in [1.165, 1.54) is 0 Å². The number of carboxylic acid groups (broad SMARTS) is 1. The molecule has 0 aliphatic heterocycles. The topological polar surface area (TPSA) is 54.4 Å². The van der Waals surface area contributed by atoms with Gasteiger partial charge in [0.1, 0.15) is 0 Å². The lowest BCUT2D eigenvalue weighted by atomic mass is 10.5. The van der Waals surface area contributed by atoms with Crippen molar-refractivity contribution in [1.82, 2.24) is 0 Å². The van der Waals surface area contributed by atoms with Gasteiger partial charge >= 0.3 is 5.97 Å². The first-order valence-electron chi connectivity index (χ1n) is 2.97. The maximum absolute atomic E-state index is 11.1. The molecule has 0 rings (SSSR count). The van der Waals surface area contributed by atoms with Crippen LogP contribution in [-0.2, 0) is 9.59 Å². The molecule has 0 heterocycles. The van der Waals surface area contributed by atoms with Crippen molar-refractivity contribution >= 4 is 21.1 Å². The molecule has 4 heteroatoms. The summed E-state index contributed by atoms with van der Waals surface area (Å²) in [5, 5.41) is 8.10. The average Bonchev–Trinajstić information content (AvgIpc) is 1.80. The lowest BCUT2D eigenvalue weighted by molar-refractivity contribution is -0.131. The number of hydrogen-bond donors (Lipinski definition) is 1. The highest BCUT2D eigenvalue weighted by atomic mass is 32.3. The van der Waals surface area contributed by atoms with Gasteiger partial charge in [-0.1, -0.05) is 0 Å². The van der Waals surface area contributed by atoms with Crippen molar-refractivity contribution in [3.05, 3.63) is 12.2 Å². The maximum atomic E-state index is 11.1. The molecule has 64 valence electrons. The lowest BCUT2D eigenvalue weighted by Gasteiger charge is -2.19. The fraction of sp³-hybridized carbons (Fsp3) is 0.429. The van der Waals surface area contributed by atoms with Gasteiger partial charge in [-0.05, 0) is 24.8 Å². The molecular weight excluding hydrogens is 164 g/mol. The minimum atomic E-state index is -1.29. The normalized spacial score (nSPS) is 13.4. The molecule has 0 radical (unpaired) electrons. The largest absolute Gasteiger partial charge is 0.478 e. The predicted molar refractivity (Wildman–Crippen MR) is 47.1 cm³/mol.